The fourth-order valence-corrected chi connectivity index (χ4v) is 3.35. The molecule has 1 fully saturated rings. The zero-order valence-electron chi connectivity index (χ0n) is 13.4. The quantitative estimate of drug-likeness (QED) is 0.786. The molecule has 1 aliphatic heterocycles. The van der Waals surface area contributed by atoms with Gasteiger partial charge in [-0.15, -0.1) is 0 Å². The van der Waals surface area contributed by atoms with Crippen LogP contribution in [0.5, 0.6) is 0 Å². The largest absolute Gasteiger partial charge is 0.338 e. The molecule has 128 valence electrons. The highest BCUT2D eigenvalue weighted by Gasteiger charge is 2.26. The van der Waals surface area contributed by atoms with Crippen LogP contribution in [0.4, 0.5) is 14.7 Å². The van der Waals surface area contributed by atoms with Crippen LogP contribution in [0.1, 0.15) is 24.9 Å². The van der Waals surface area contributed by atoms with Crippen molar-refractivity contribution in [2.24, 2.45) is 0 Å². The zero-order valence-corrected chi connectivity index (χ0v) is 15.0. The number of hydrogen-bond donors (Lipinski definition) is 0. The summed E-state index contributed by atoms with van der Waals surface area (Å²) in [6.07, 6.45) is 4.24. The van der Waals surface area contributed by atoms with Crippen LogP contribution in [0.2, 0.25) is 0 Å². The molecular formula is C17H19BrF2N4. The predicted octanol–water partition coefficient (Wildman–Crippen LogP) is 3.79. The molecule has 1 aliphatic rings. The minimum Gasteiger partial charge on any atom is -0.338 e. The highest BCUT2D eigenvalue weighted by atomic mass is 79.9. The zero-order chi connectivity index (χ0) is 17.1. The highest BCUT2D eigenvalue weighted by Crippen LogP contribution is 2.28. The summed E-state index contributed by atoms with van der Waals surface area (Å²) in [6.45, 7) is 5.16. The van der Waals surface area contributed by atoms with E-state index in [1.807, 2.05) is 6.92 Å². The van der Waals surface area contributed by atoms with Crippen molar-refractivity contribution in [3.8, 4) is 0 Å². The number of hydrogen-bond acceptors (Lipinski definition) is 4. The van der Waals surface area contributed by atoms with Crippen molar-refractivity contribution in [1.29, 1.82) is 0 Å². The molecule has 4 nitrogen and oxygen atoms in total. The van der Waals surface area contributed by atoms with Crippen molar-refractivity contribution in [3.05, 3.63) is 52.3 Å². The number of halogens is 3. The second-order valence-corrected chi connectivity index (χ2v) is 6.73. The Balaban J connectivity index is 1.69. The van der Waals surface area contributed by atoms with Crippen molar-refractivity contribution in [2.45, 2.75) is 19.4 Å². The number of anilines is 1. The number of rotatable bonds is 4. The van der Waals surface area contributed by atoms with E-state index in [-0.39, 0.29) is 6.04 Å². The van der Waals surface area contributed by atoms with E-state index in [1.54, 1.807) is 18.5 Å². The Morgan fingerprint density at radius 3 is 2.38 bits per heavy atom. The molecule has 0 spiro atoms. The fraction of sp³-hybridized carbons (Fsp3) is 0.412. The SMILES string of the molecule is CCC(c1ccc(F)cc1F)N1CCN(c2ncc(Br)cn2)CC1. The number of benzene rings is 1. The Morgan fingerprint density at radius 2 is 1.79 bits per heavy atom. The maximum Gasteiger partial charge on any atom is 0.225 e. The smallest absolute Gasteiger partial charge is 0.225 e. The van der Waals surface area contributed by atoms with Gasteiger partial charge >= 0.3 is 0 Å². The van der Waals surface area contributed by atoms with Gasteiger partial charge in [-0.25, -0.2) is 18.7 Å². The van der Waals surface area contributed by atoms with E-state index in [1.165, 1.54) is 6.07 Å². The van der Waals surface area contributed by atoms with Crippen LogP contribution >= 0.6 is 15.9 Å². The molecule has 0 aliphatic carbocycles. The highest BCUT2D eigenvalue weighted by molar-refractivity contribution is 9.10. The number of aromatic nitrogens is 2. The second-order valence-electron chi connectivity index (χ2n) is 5.81. The molecular weight excluding hydrogens is 378 g/mol. The molecule has 3 rings (SSSR count). The van der Waals surface area contributed by atoms with Crippen LogP contribution in [0, 0.1) is 11.6 Å². The maximum atomic E-state index is 14.1. The average molecular weight is 397 g/mol. The van der Waals surface area contributed by atoms with E-state index in [2.05, 4.69) is 35.7 Å². The monoisotopic (exact) mass is 396 g/mol. The van der Waals surface area contributed by atoms with Crippen LogP contribution < -0.4 is 4.90 Å². The summed E-state index contributed by atoms with van der Waals surface area (Å²) >= 11 is 3.33. The summed E-state index contributed by atoms with van der Waals surface area (Å²) in [5.74, 6) is -0.303. The van der Waals surface area contributed by atoms with Gasteiger partial charge in [-0.3, -0.25) is 4.90 Å². The van der Waals surface area contributed by atoms with E-state index in [0.717, 1.165) is 43.1 Å². The summed E-state index contributed by atoms with van der Waals surface area (Å²) < 4.78 is 28.1. The third kappa shape index (κ3) is 3.72. The lowest BCUT2D eigenvalue weighted by atomic mass is 10.0. The predicted molar refractivity (Wildman–Crippen MR) is 92.9 cm³/mol. The van der Waals surface area contributed by atoms with Gasteiger partial charge in [0.15, 0.2) is 0 Å². The van der Waals surface area contributed by atoms with Crippen molar-refractivity contribution in [3.63, 3.8) is 0 Å². The van der Waals surface area contributed by atoms with Gasteiger partial charge in [0.1, 0.15) is 11.6 Å². The van der Waals surface area contributed by atoms with Gasteiger partial charge in [0.2, 0.25) is 5.95 Å². The molecule has 0 radical (unpaired) electrons. The fourth-order valence-electron chi connectivity index (χ4n) is 3.15. The van der Waals surface area contributed by atoms with Gasteiger partial charge < -0.3 is 4.90 Å². The Bertz CT molecular complexity index is 687. The average Bonchev–Trinajstić information content (AvgIpc) is 2.59. The van der Waals surface area contributed by atoms with E-state index < -0.39 is 11.6 Å². The van der Waals surface area contributed by atoms with E-state index in [4.69, 9.17) is 0 Å². The molecule has 1 unspecified atom stereocenters. The lowest BCUT2D eigenvalue weighted by molar-refractivity contribution is 0.177. The third-order valence-corrected chi connectivity index (χ3v) is 4.76. The molecule has 2 heterocycles. The Labute approximate surface area is 148 Å². The first-order valence-electron chi connectivity index (χ1n) is 8.00. The summed E-state index contributed by atoms with van der Waals surface area (Å²) in [4.78, 5) is 13.0. The van der Waals surface area contributed by atoms with Crippen LogP contribution in [-0.4, -0.2) is 41.0 Å². The van der Waals surface area contributed by atoms with E-state index >= 15 is 0 Å². The van der Waals surface area contributed by atoms with Gasteiger partial charge in [0, 0.05) is 56.2 Å². The van der Waals surface area contributed by atoms with Gasteiger partial charge in [0.05, 0.1) is 4.47 Å². The van der Waals surface area contributed by atoms with Crippen LogP contribution in [0.3, 0.4) is 0 Å². The molecule has 24 heavy (non-hydrogen) atoms. The van der Waals surface area contributed by atoms with Crippen molar-refractivity contribution >= 4 is 21.9 Å². The summed E-state index contributed by atoms with van der Waals surface area (Å²) in [6, 6.07) is 3.80. The first kappa shape index (κ1) is 17.2. The standard InChI is InChI=1S/C17H19BrF2N4/c1-2-16(14-4-3-13(19)9-15(14)20)23-5-7-24(8-6-23)17-21-10-12(18)11-22-17/h3-4,9-11,16H,2,5-8H2,1H3. The van der Waals surface area contributed by atoms with E-state index in [0.29, 0.717) is 11.5 Å². The molecule has 1 atom stereocenters. The number of nitrogens with zero attached hydrogens (tertiary/aromatic N) is 4. The van der Waals surface area contributed by atoms with Crippen molar-refractivity contribution in [1.82, 2.24) is 14.9 Å². The Hall–Kier alpha value is -1.60. The minimum atomic E-state index is -0.539. The molecule has 0 N–H and O–H groups in total. The van der Waals surface area contributed by atoms with Crippen LogP contribution in [-0.2, 0) is 0 Å². The number of piperazine rings is 1. The molecule has 0 saturated carbocycles. The lowest BCUT2D eigenvalue weighted by Gasteiger charge is -2.39. The molecule has 1 aromatic heterocycles. The van der Waals surface area contributed by atoms with Crippen molar-refractivity contribution < 1.29 is 8.78 Å². The molecule has 0 amide bonds. The van der Waals surface area contributed by atoms with E-state index in [9.17, 15) is 8.78 Å². The molecule has 0 bridgehead atoms. The Kier molecular flexibility index (Phi) is 5.40. The second kappa shape index (κ2) is 7.53. The summed E-state index contributed by atoms with van der Waals surface area (Å²) in [5, 5.41) is 0. The van der Waals surface area contributed by atoms with Crippen molar-refractivity contribution in [2.75, 3.05) is 31.1 Å². The van der Waals surface area contributed by atoms with Crippen LogP contribution in [0.15, 0.2) is 35.1 Å². The molecule has 1 aromatic carbocycles. The summed E-state index contributed by atoms with van der Waals surface area (Å²) in [5.41, 5.74) is 0.562. The van der Waals surface area contributed by atoms with Gasteiger partial charge in [0.25, 0.3) is 0 Å². The van der Waals surface area contributed by atoms with Crippen LogP contribution in [0.25, 0.3) is 0 Å². The Morgan fingerprint density at radius 1 is 1.12 bits per heavy atom. The van der Waals surface area contributed by atoms with Gasteiger partial charge in [-0.05, 0) is 28.4 Å². The van der Waals surface area contributed by atoms with Gasteiger partial charge in [-0.1, -0.05) is 13.0 Å². The minimum absolute atomic E-state index is 0.0430. The lowest BCUT2D eigenvalue weighted by Crippen LogP contribution is -2.48. The van der Waals surface area contributed by atoms with Gasteiger partial charge in [-0.2, -0.15) is 0 Å². The maximum absolute atomic E-state index is 14.1. The topological polar surface area (TPSA) is 32.3 Å². The first-order chi connectivity index (χ1) is 11.6. The summed E-state index contributed by atoms with van der Waals surface area (Å²) in [7, 11) is 0. The molecule has 1 saturated heterocycles. The molecule has 2 aromatic rings. The normalized spacial score (nSPS) is 17.1. The molecule has 7 heteroatoms. The first-order valence-corrected chi connectivity index (χ1v) is 8.79. The third-order valence-electron chi connectivity index (χ3n) is 4.35.